The van der Waals surface area contributed by atoms with Crippen molar-refractivity contribution in [1.82, 2.24) is 0 Å². The van der Waals surface area contributed by atoms with Gasteiger partial charge in [-0.1, -0.05) is 0 Å². The Labute approximate surface area is 188 Å². The molecule has 2 nitrogen and oxygen atoms in total. The van der Waals surface area contributed by atoms with E-state index < -0.39 is 18.8 Å². The van der Waals surface area contributed by atoms with Gasteiger partial charge in [-0.2, -0.15) is 0 Å². The fourth-order valence-corrected chi connectivity index (χ4v) is 16.8. The van der Waals surface area contributed by atoms with E-state index in [1.54, 1.807) is 6.92 Å². The van der Waals surface area contributed by atoms with Crippen LogP contribution in [-0.2, 0) is 7.87 Å². The summed E-state index contributed by atoms with van der Waals surface area (Å²) < 4.78 is 10.1. The van der Waals surface area contributed by atoms with Crippen LogP contribution in [0.3, 0.4) is 0 Å². The minimum atomic E-state index is -2.83. The van der Waals surface area contributed by atoms with Crippen LogP contribution >= 0.6 is 0 Å². The molecule has 0 unspecified atom stereocenters. The number of hydrogen-bond acceptors (Lipinski definition) is 2. The molecule has 0 amide bonds. The summed E-state index contributed by atoms with van der Waals surface area (Å²) in [5, 5.41) is 0. The molecule has 174 valence electrons. The van der Waals surface area contributed by atoms with Crippen LogP contribution in [0.15, 0.2) is 0 Å². The van der Waals surface area contributed by atoms with E-state index in [0.29, 0.717) is 0 Å². The van der Waals surface area contributed by atoms with E-state index in [4.69, 9.17) is 3.07 Å². The van der Waals surface area contributed by atoms with E-state index >= 15 is 0 Å². The van der Waals surface area contributed by atoms with Crippen LogP contribution in [0.25, 0.3) is 0 Å². The summed E-state index contributed by atoms with van der Waals surface area (Å²) in [7, 11) is 0. The van der Waals surface area contributed by atoms with Gasteiger partial charge in [0.1, 0.15) is 0 Å². The van der Waals surface area contributed by atoms with Crippen LogP contribution in [-0.4, -0.2) is 24.8 Å². The van der Waals surface area contributed by atoms with Crippen molar-refractivity contribution in [3.8, 4) is 0 Å². The first-order valence-electron chi connectivity index (χ1n) is 12.9. The Balaban J connectivity index is 4.71. The van der Waals surface area contributed by atoms with Gasteiger partial charge in [0.05, 0.1) is 0 Å². The number of carbonyl (C=O) groups is 1. The van der Waals surface area contributed by atoms with Gasteiger partial charge in [0.25, 0.3) is 0 Å². The zero-order valence-electron chi connectivity index (χ0n) is 21.2. The fourth-order valence-electron chi connectivity index (χ4n) is 4.36. The number of rotatable bonds is 19. The second-order valence-electron chi connectivity index (χ2n) is 10.8. The average Bonchev–Trinajstić information content (AvgIpc) is 2.59. The monoisotopic (exact) mass is 518 g/mol. The molecule has 0 radical (unpaired) electrons. The number of unbranched alkanes of at least 4 members (excludes halogenated alkanes) is 6. The van der Waals surface area contributed by atoms with Crippen molar-refractivity contribution in [1.29, 1.82) is 0 Å². The molecule has 0 aromatic rings. The molecule has 29 heavy (non-hydrogen) atoms. The van der Waals surface area contributed by atoms with Gasteiger partial charge in [-0.15, -0.1) is 0 Å². The van der Waals surface area contributed by atoms with Crippen LogP contribution in [0.5, 0.6) is 0 Å². The third kappa shape index (κ3) is 18.7. The molecule has 0 bridgehead atoms. The molecule has 0 saturated carbocycles. The molecule has 0 aromatic heterocycles. The first-order valence-corrected chi connectivity index (χ1v) is 20.1. The van der Waals surface area contributed by atoms with Gasteiger partial charge in [0.15, 0.2) is 0 Å². The van der Waals surface area contributed by atoms with Crippen LogP contribution in [0, 0.1) is 17.8 Å². The van der Waals surface area contributed by atoms with Crippen LogP contribution in [0.1, 0.15) is 126 Å². The SMILES string of the molecule is CC(=O)[O][Sn]([CH2]CCCCC(C)C)([CH2]CCCCC(C)C)[CH2]CCCCC(C)C. The third-order valence-corrected chi connectivity index (χ3v) is 19.0. The molecule has 0 spiro atoms. The van der Waals surface area contributed by atoms with E-state index in [9.17, 15) is 4.79 Å². The Bertz CT molecular complexity index is 345. The third-order valence-electron chi connectivity index (χ3n) is 6.10. The summed E-state index contributed by atoms with van der Waals surface area (Å²) in [6.07, 6.45) is 15.8. The van der Waals surface area contributed by atoms with Crippen molar-refractivity contribution in [3.05, 3.63) is 0 Å². The van der Waals surface area contributed by atoms with E-state index in [1.165, 1.54) is 90.4 Å². The number of hydrogen-bond donors (Lipinski definition) is 0. The quantitative estimate of drug-likeness (QED) is 0.126. The van der Waals surface area contributed by atoms with Gasteiger partial charge in [-0.3, -0.25) is 0 Å². The van der Waals surface area contributed by atoms with Crippen molar-refractivity contribution in [2.75, 3.05) is 0 Å². The molecule has 0 rings (SSSR count). The summed E-state index contributed by atoms with van der Waals surface area (Å²) in [4.78, 5) is 12.0. The van der Waals surface area contributed by atoms with Crippen molar-refractivity contribution in [2.24, 2.45) is 17.8 Å². The summed E-state index contributed by atoms with van der Waals surface area (Å²) in [5.74, 6) is 2.42. The van der Waals surface area contributed by atoms with Crippen LogP contribution < -0.4 is 0 Å². The molecule has 0 aliphatic rings. The van der Waals surface area contributed by atoms with E-state index in [0.717, 1.165) is 17.8 Å². The van der Waals surface area contributed by atoms with Crippen molar-refractivity contribution < 1.29 is 7.87 Å². The van der Waals surface area contributed by atoms with E-state index in [2.05, 4.69) is 41.5 Å². The van der Waals surface area contributed by atoms with E-state index in [-0.39, 0.29) is 5.97 Å². The van der Waals surface area contributed by atoms with Crippen LogP contribution in [0.4, 0.5) is 0 Å². The van der Waals surface area contributed by atoms with Gasteiger partial charge in [0, 0.05) is 0 Å². The molecule has 0 aliphatic carbocycles. The zero-order valence-corrected chi connectivity index (χ0v) is 24.0. The zero-order chi connectivity index (χ0) is 22.1. The molecule has 0 aromatic carbocycles. The minimum absolute atomic E-state index is 0.00680. The topological polar surface area (TPSA) is 26.3 Å². The maximum atomic E-state index is 12.0. The van der Waals surface area contributed by atoms with Gasteiger partial charge in [0.2, 0.25) is 0 Å². The molecule has 0 saturated heterocycles. The molecular formula is C26H54O2Sn. The predicted octanol–water partition coefficient (Wildman–Crippen LogP) is 9.14. The Morgan fingerprint density at radius 3 is 1.14 bits per heavy atom. The Morgan fingerprint density at radius 1 is 0.586 bits per heavy atom. The van der Waals surface area contributed by atoms with Crippen molar-refractivity contribution >= 4 is 24.8 Å². The van der Waals surface area contributed by atoms with E-state index in [1.807, 2.05) is 0 Å². The summed E-state index contributed by atoms with van der Waals surface area (Å²) in [6, 6.07) is 0. The molecular weight excluding hydrogens is 463 g/mol. The standard InChI is InChI=1S/3C8H17.C2H4O2.Sn/c3*1-4-5-6-7-8(2)3;1-2(3)4;/h3*8H,1,4-7H2,2-3H3;1H3,(H,3,4);/q;;;;+1/p-1. The molecule has 0 heterocycles. The first kappa shape index (κ1) is 29.3. The average molecular weight is 517 g/mol. The summed E-state index contributed by atoms with van der Waals surface area (Å²) in [5.41, 5.74) is 0. The normalized spacial score (nSPS) is 12.3. The van der Waals surface area contributed by atoms with Gasteiger partial charge in [-0.25, -0.2) is 0 Å². The summed E-state index contributed by atoms with van der Waals surface area (Å²) in [6.45, 7) is 15.6. The Morgan fingerprint density at radius 2 is 0.897 bits per heavy atom. The molecule has 0 fully saturated rings. The second-order valence-corrected chi connectivity index (χ2v) is 22.4. The molecule has 0 N–H and O–H groups in total. The first-order chi connectivity index (χ1) is 13.7. The van der Waals surface area contributed by atoms with Gasteiger partial charge in [-0.05, 0) is 0 Å². The maximum absolute atomic E-state index is 12.0. The van der Waals surface area contributed by atoms with Gasteiger partial charge >= 0.3 is 189 Å². The Kier molecular flexibility index (Phi) is 18.1. The fraction of sp³-hybridized carbons (Fsp3) is 0.962. The molecule has 0 aliphatic heterocycles. The molecule has 3 heteroatoms. The predicted molar refractivity (Wildman–Crippen MR) is 132 cm³/mol. The summed E-state index contributed by atoms with van der Waals surface area (Å²) >= 11 is -2.83. The Hall–Kier alpha value is 0.269. The van der Waals surface area contributed by atoms with Crippen LogP contribution in [0.2, 0.25) is 13.3 Å². The molecule has 0 atom stereocenters. The number of carbonyl (C=O) groups excluding carboxylic acids is 1. The van der Waals surface area contributed by atoms with Crippen molar-refractivity contribution in [2.45, 2.75) is 139 Å². The van der Waals surface area contributed by atoms with Gasteiger partial charge < -0.3 is 0 Å². The van der Waals surface area contributed by atoms with Crippen molar-refractivity contribution in [3.63, 3.8) is 0 Å². The second kappa shape index (κ2) is 17.9.